The van der Waals surface area contributed by atoms with Crippen molar-refractivity contribution in [2.45, 2.75) is 6.18 Å². The molecule has 0 bridgehead atoms. The van der Waals surface area contributed by atoms with Crippen LogP contribution in [0.25, 0.3) is 0 Å². The van der Waals surface area contributed by atoms with E-state index in [0.717, 1.165) is 18.2 Å². The molecule has 120 valence electrons. The summed E-state index contributed by atoms with van der Waals surface area (Å²) in [5, 5.41) is 13.0. The number of nitro benzene ring substituents is 1. The number of amides is 1. The molecular weight excluding hydrogens is 381 g/mol. The molecule has 0 aliphatic heterocycles. The normalized spacial score (nSPS) is 11.1. The highest BCUT2D eigenvalue weighted by atomic mass is 79.9. The highest BCUT2D eigenvalue weighted by molar-refractivity contribution is 9.10. The van der Waals surface area contributed by atoms with E-state index in [1.807, 2.05) is 0 Å². The minimum absolute atomic E-state index is 0.00109. The van der Waals surface area contributed by atoms with Crippen LogP contribution in [0.1, 0.15) is 15.9 Å². The van der Waals surface area contributed by atoms with Crippen molar-refractivity contribution < 1.29 is 22.9 Å². The Morgan fingerprint density at radius 3 is 2.43 bits per heavy atom. The summed E-state index contributed by atoms with van der Waals surface area (Å²) in [4.78, 5) is 22.2. The minimum atomic E-state index is -4.69. The van der Waals surface area contributed by atoms with Gasteiger partial charge in [0.25, 0.3) is 11.6 Å². The summed E-state index contributed by atoms with van der Waals surface area (Å²) in [5.41, 5.74) is -1.95. The number of non-ortho nitro benzene ring substituents is 1. The van der Waals surface area contributed by atoms with Gasteiger partial charge in [-0.25, -0.2) is 0 Å². The summed E-state index contributed by atoms with van der Waals surface area (Å²) in [6.45, 7) is 0. The van der Waals surface area contributed by atoms with Crippen molar-refractivity contribution in [2.24, 2.45) is 0 Å². The number of nitro groups is 1. The van der Waals surface area contributed by atoms with E-state index in [1.54, 1.807) is 0 Å². The van der Waals surface area contributed by atoms with Gasteiger partial charge in [0.05, 0.1) is 21.7 Å². The van der Waals surface area contributed by atoms with Crippen LogP contribution in [0, 0.1) is 10.1 Å². The van der Waals surface area contributed by atoms with E-state index in [0.29, 0.717) is 4.47 Å². The Bertz CT molecular complexity index is 778. The molecule has 1 amide bonds. The molecule has 0 saturated carbocycles. The molecule has 0 saturated heterocycles. The third-order valence-electron chi connectivity index (χ3n) is 2.89. The summed E-state index contributed by atoms with van der Waals surface area (Å²) in [6.07, 6.45) is -4.69. The Balaban J connectivity index is 2.38. The lowest BCUT2D eigenvalue weighted by molar-refractivity contribution is -0.384. The van der Waals surface area contributed by atoms with Gasteiger partial charge in [-0.1, -0.05) is 12.1 Å². The van der Waals surface area contributed by atoms with Crippen LogP contribution in [-0.2, 0) is 6.18 Å². The van der Waals surface area contributed by atoms with Gasteiger partial charge in [-0.05, 0) is 34.1 Å². The number of hydrogen-bond donors (Lipinski definition) is 1. The van der Waals surface area contributed by atoms with E-state index in [2.05, 4.69) is 21.2 Å². The first-order valence-corrected chi connectivity index (χ1v) is 6.91. The van der Waals surface area contributed by atoms with Crippen molar-refractivity contribution in [1.29, 1.82) is 0 Å². The van der Waals surface area contributed by atoms with Crippen molar-refractivity contribution in [3.05, 3.63) is 68.2 Å². The van der Waals surface area contributed by atoms with Crippen LogP contribution in [0.2, 0.25) is 0 Å². The molecule has 9 heteroatoms. The van der Waals surface area contributed by atoms with Gasteiger partial charge in [-0.2, -0.15) is 13.2 Å². The van der Waals surface area contributed by atoms with Crippen LogP contribution in [0.15, 0.2) is 46.9 Å². The fourth-order valence-corrected chi connectivity index (χ4v) is 2.19. The molecule has 0 heterocycles. The molecule has 0 radical (unpaired) electrons. The molecule has 0 aliphatic rings. The molecule has 2 aromatic carbocycles. The number of carbonyl (C=O) groups is 1. The van der Waals surface area contributed by atoms with Gasteiger partial charge in [0.2, 0.25) is 0 Å². The number of anilines is 1. The number of benzene rings is 2. The highest BCUT2D eigenvalue weighted by Gasteiger charge is 2.34. The Kier molecular flexibility index (Phi) is 4.69. The molecule has 0 aliphatic carbocycles. The van der Waals surface area contributed by atoms with Gasteiger partial charge in [-0.3, -0.25) is 14.9 Å². The number of nitrogens with one attached hydrogen (secondary N) is 1. The van der Waals surface area contributed by atoms with Gasteiger partial charge < -0.3 is 5.32 Å². The maximum atomic E-state index is 12.9. The second-order valence-electron chi connectivity index (χ2n) is 4.42. The molecule has 0 unspecified atom stereocenters. The maximum absolute atomic E-state index is 12.9. The first kappa shape index (κ1) is 16.9. The largest absolute Gasteiger partial charge is 0.417 e. The van der Waals surface area contributed by atoms with Crippen LogP contribution < -0.4 is 5.32 Å². The fourth-order valence-electron chi connectivity index (χ4n) is 1.84. The summed E-state index contributed by atoms with van der Waals surface area (Å²) in [5.74, 6) is -1.01. The second-order valence-corrected chi connectivity index (χ2v) is 5.27. The number of rotatable bonds is 3. The van der Waals surface area contributed by atoms with Crippen molar-refractivity contribution in [2.75, 3.05) is 5.32 Å². The topological polar surface area (TPSA) is 72.2 Å². The van der Waals surface area contributed by atoms with E-state index in [9.17, 15) is 28.1 Å². The van der Waals surface area contributed by atoms with E-state index in [-0.39, 0.29) is 11.4 Å². The van der Waals surface area contributed by atoms with Crippen molar-refractivity contribution in [3.8, 4) is 0 Å². The Morgan fingerprint density at radius 1 is 1.17 bits per heavy atom. The number of alkyl halides is 3. The standard InChI is InChI=1S/C14H8BrF3N2O3/c15-11-6-5-8(20(22)23)7-12(11)19-13(21)9-3-1-2-4-10(9)14(16,17)18/h1-7H,(H,19,21). The third kappa shape index (κ3) is 3.86. The molecule has 1 N–H and O–H groups in total. The minimum Gasteiger partial charge on any atom is -0.321 e. The Morgan fingerprint density at radius 2 is 1.83 bits per heavy atom. The molecule has 0 aromatic heterocycles. The zero-order valence-electron chi connectivity index (χ0n) is 11.2. The predicted molar refractivity (Wildman–Crippen MR) is 80.2 cm³/mol. The van der Waals surface area contributed by atoms with Crippen LogP contribution in [0.3, 0.4) is 0 Å². The quantitative estimate of drug-likeness (QED) is 0.615. The SMILES string of the molecule is O=C(Nc1cc([N+](=O)[O-])ccc1Br)c1ccccc1C(F)(F)F. The van der Waals surface area contributed by atoms with E-state index in [4.69, 9.17) is 0 Å². The molecular formula is C14H8BrF3N2O3. The molecule has 0 fully saturated rings. The van der Waals surface area contributed by atoms with Gasteiger partial charge in [0.15, 0.2) is 0 Å². The fraction of sp³-hybridized carbons (Fsp3) is 0.0714. The van der Waals surface area contributed by atoms with Crippen LogP contribution in [0.5, 0.6) is 0 Å². The van der Waals surface area contributed by atoms with Gasteiger partial charge in [0, 0.05) is 16.6 Å². The van der Waals surface area contributed by atoms with Crippen LogP contribution >= 0.6 is 15.9 Å². The third-order valence-corrected chi connectivity index (χ3v) is 3.58. The van der Waals surface area contributed by atoms with Crippen molar-refractivity contribution >= 4 is 33.2 Å². The maximum Gasteiger partial charge on any atom is 0.417 e. The number of carbonyl (C=O) groups excluding carboxylic acids is 1. The monoisotopic (exact) mass is 388 g/mol. The molecule has 0 atom stereocenters. The van der Waals surface area contributed by atoms with Crippen LogP contribution in [-0.4, -0.2) is 10.8 Å². The molecule has 2 rings (SSSR count). The molecule has 2 aromatic rings. The van der Waals surface area contributed by atoms with Gasteiger partial charge >= 0.3 is 6.18 Å². The zero-order chi connectivity index (χ0) is 17.2. The zero-order valence-corrected chi connectivity index (χ0v) is 12.8. The van der Waals surface area contributed by atoms with Crippen molar-refractivity contribution in [1.82, 2.24) is 0 Å². The Hall–Kier alpha value is -2.42. The summed E-state index contributed by atoms with van der Waals surface area (Å²) in [6, 6.07) is 7.86. The lowest BCUT2D eigenvalue weighted by Crippen LogP contribution is -2.18. The average molecular weight is 389 g/mol. The average Bonchev–Trinajstić information content (AvgIpc) is 2.48. The number of hydrogen-bond acceptors (Lipinski definition) is 3. The summed E-state index contributed by atoms with van der Waals surface area (Å²) >= 11 is 3.08. The number of nitrogens with zero attached hydrogens (tertiary/aromatic N) is 1. The summed E-state index contributed by atoms with van der Waals surface area (Å²) < 4.78 is 39.1. The first-order chi connectivity index (χ1) is 10.7. The summed E-state index contributed by atoms with van der Waals surface area (Å²) in [7, 11) is 0. The van der Waals surface area contributed by atoms with Gasteiger partial charge in [0.1, 0.15) is 0 Å². The Labute approximate surface area is 136 Å². The van der Waals surface area contributed by atoms with E-state index >= 15 is 0 Å². The second kappa shape index (κ2) is 6.37. The smallest absolute Gasteiger partial charge is 0.321 e. The number of halogens is 4. The molecule has 0 spiro atoms. The lowest BCUT2D eigenvalue weighted by Gasteiger charge is -2.13. The highest BCUT2D eigenvalue weighted by Crippen LogP contribution is 2.33. The first-order valence-electron chi connectivity index (χ1n) is 6.11. The lowest BCUT2D eigenvalue weighted by atomic mass is 10.1. The van der Waals surface area contributed by atoms with Crippen LogP contribution in [0.4, 0.5) is 24.5 Å². The predicted octanol–water partition coefficient (Wildman–Crippen LogP) is 4.63. The molecule has 23 heavy (non-hydrogen) atoms. The molecule has 5 nitrogen and oxygen atoms in total. The van der Waals surface area contributed by atoms with E-state index in [1.165, 1.54) is 24.3 Å². The van der Waals surface area contributed by atoms with E-state index < -0.39 is 28.1 Å². The van der Waals surface area contributed by atoms with Gasteiger partial charge in [-0.15, -0.1) is 0 Å². The van der Waals surface area contributed by atoms with Crippen molar-refractivity contribution in [3.63, 3.8) is 0 Å².